The number of aliphatic imine (C=N–C) groups is 1. The summed E-state index contributed by atoms with van der Waals surface area (Å²) in [6, 6.07) is 16.4. The molecule has 0 aliphatic carbocycles. The summed E-state index contributed by atoms with van der Waals surface area (Å²) in [4.78, 5) is 6.76. The van der Waals surface area contributed by atoms with Crippen LogP contribution in [0.1, 0.15) is 17.5 Å². The van der Waals surface area contributed by atoms with E-state index in [1.165, 1.54) is 5.56 Å². The van der Waals surface area contributed by atoms with Gasteiger partial charge >= 0.3 is 0 Å². The SMILES string of the molecule is CN=C(NCc1ccc2c(c1)OCO2)N1CCC(COCc2ccccc2)C1. The van der Waals surface area contributed by atoms with Crippen molar-refractivity contribution in [1.29, 1.82) is 0 Å². The number of guanidine groups is 1. The number of ether oxygens (including phenoxy) is 3. The first-order valence-electron chi connectivity index (χ1n) is 9.77. The molecule has 1 saturated heterocycles. The van der Waals surface area contributed by atoms with Gasteiger partial charge in [-0.05, 0) is 29.7 Å². The summed E-state index contributed by atoms with van der Waals surface area (Å²) in [5, 5.41) is 3.46. The highest BCUT2D eigenvalue weighted by Gasteiger charge is 2.25. The third-order valence-corrected chi connectivity index (χ3v) is 5.15. The summed E-state index contributed by atoms with van der Waals surface area (Å²) < 4.78 is 16.7. The van der Waals surface area contributed by atoms with E-state index in [9.17, 15) is 0 Å². The van der Waals surface area contributed by atoms with E-state index in [1.807, 2.05) is 37.4 Å². The second kappa shape index (κ2) is 8.97. The van der Waals surface area contributed by atoms with Crippen LogP contribution in [0.2, 0.25) is 0 Å². The average molecular weight is 381 g/mol. The molecule has 2 aliphatic heterocycles. The zero-order valence-corrected chi connectivity index (χ0v) is 16.3. The van der Waals surface area contributed by atoms with Gasteiger partial charge in [0.1, 0.15) is 0 Å². The molecule has 1 fully saturated rings. The van der Waals surface area contributed by atoms with Gasteiger partial charge in [0.05, 0.1) is 13.2 Å². The molecule has 28 heavy (non-hydrogen) atoms. The van der Waals surface area contributed by atoms with E-state index >= 15 is 0 Å². The Hall–Kier alpha value is -2.73. The molecule has 1 N–H and O–H groups in total. The van der Waals surface area contributed by atoms with E-state index in [-0.39, 0.29) is 0 Å². The summed E-state index contributed by atoms with van der Waals surface area (Å²) >= 11 is 0. The lowest BCUT2D eigenvalue weighted by molar-refractivity contribution is 0.0906. The second-order valence-electron chi connectivity index (χ2n) is 7.19. The topological polar surface area (TPSA) is 55.3 Å². The molecule has 148 valence electrons. The Morgan fingerprint density at radius 1 is 1.14 bits per heavy atom. The first kappa shape index (κ1) is 18.6. The number of likely N-dealkylation sites (tertiary alicyclic amines) is 1. The van der Waals surface area contributed by atoms with Crippen molar-refractivity contribution in [2.24, 2.45) is 10.9 Å². The monoisotopic (exact) mass is 381 g/mol. The minimum Gasteiger partial charge on any atom is -0.454 e. The maximum atomic E-state index is 5.92. The standard InChI is InChI=1S/C22H27N3O3/c1-23-22(24-12-18-7-8-20-21(11-18)28-16-27-20)25-10-9-19(13-25)15-26-14-17-5-3-2-4-6-17/h2-8,11,19H,9-10,12-16H2,1H3,(H,23,24). The lowest BCUT2D eigenvalue weighted by atomic mass is 10.1. The molecule has 0 saturated carbocycles. The molecule has 1 atom stereocenters. The first-order valence-corrected chi connectivity index (χ1v) is 9.77. The van der Waals surface area contributed by atoms with Gasteiger partial charge in [-0.25, -0.2) is 0 Å². The molecule has 2 aromatic rings. The summed E-state index contributed by atoms with van der Waals surface area (Å²) in [6.45, 7) is 4.43. The zero-order chi connectivity index (χ0) is 19.2. The van der Waals surface area contributed by atoms with Crippen molar-refractivity contribution < 1.29 is 14.2 Å². The minimum atomic E-state index is 0.301. The van der Waals surface area contributed by atoms with Crippen LogP contribution >= 0.6 is 0 Å². The maximum absolute atomic E-state index is 5.92. The number of hydrogen-bond acceptors (Lipinski definition) is 4. The molecule has 0 bridgehead atoms. The van der Waals surface area contributed by atoms with Crippen LogP contribution in [0.3, 0.4) is 0 Å². The largest absolute Gasteiger partial charge is 0.454 e. The van der Waals surface area contributed by atoms with E-state index in [0.29, 0.717) is 25.9 Å². The fraction of sp³-hybridized carbons (Fsp3) is 0.409. The summed E-state index contributed by atoms with van der Waals surface area (Å²) in [5.74, 6) is 3.09. The normalized spacial score (nSPS) is 18.5. The van der Waals surface area contributed by atoms with Gasteiger partial charge < -0.3 is 24.4 Å². The molecule has 4 rings (SSSR count). The number of nitrogens with one attached hydrogen (secondary N) is 1. The first-order chi connectivity index (χ1) is 13.8. The molecule has 0 aromatic heterocycles. The van der Waals surface area contributed by atoms with E-state index < -0.39 is 0 Å². The Morgan fingerprint density at radius 3 is 2.86 bits per heavy atom. The second-order valence-corrected chi connectivity index (χ2v) is 7.19. The van der Waals surface area contributed by atoms with Gasteiger partial charge in [0.25, 0.3) is 0 Å². The van der Waals surface area contributed by atoms with Crippen molar-refractivity contribution in [2.45, 2.75) is 19.6 Å². The van der Waals surface area contributed by atoms with E-state index in [1.54, 1.807) is 0 Å². The molecule has 2 aliphatic rings. The average Bonchev–Trinajstić information content (AvgIpc) is 3.38. The maximum Gasteiger partial charge on any atom is 0.231 e. The molecule has 1 unspecified atom stereocenters. The Kier molecular flexibility index (Phi) is 5.97. The van der Waals surface area contributed by atoms with Gasteiger partial charge in [-0.15, -0.1) is 0 Å². The third kappa shape index (κ3) is 4.57. The smallest absolute Gasteiger partial charge is 0.231 e. The van der Waals surface area contributed by atoms with Crippen LogP contribution in [0.25, 0.3) is 0 Å². The molecule has 2 heterocycles. The van der Waals surface area contributed by atoms with Crippen LogP contribution in [-0.4, -0.2) is 44.4 Å². The fourth-order valence-electron chi connectivity index (χ4n) is 3.64. The number of nitrogens with zero attached hydrogens (tertiary/aromatic N) is 2. The zero-order valence-electron chi connectivity index (χ0n) is 16.3. The van der Waals surface area contributed by atoms with Crippen LogP contribution in [0.5, 0.6) is 11.5 Å². The van der Waals surface area contributed by atoms with Gasteiger partial charge in [0, 0.05) is 32.6 Å². The molecule has 0 amide bonds. The van der Waals surface area contributed by atoms with Crippen molar-refractivity contribution in [3.63, 3.8) is 0 Å². The highest BCUT2D eigenvalue weighted by Crippen LogP contribution is 2.32. The molecular formula is C22H27N3O3. The van der Waals surface area contributed by atoms with Crippen molar-refractivity contribution in [3.8, 4) is 11.5 Å². The number of benzene rings is 2. The Bertz CT molecular complexity index is 810. The Morgan fingerprint density at radius 2 is 2.00 bits per heavy atom. The van der Waals surface area contributed by atoms with Crippen molar-refractivity contribution >= 4 is 5.96 Å². The van der Waals surface area contributed by atoms with E-state index in [0.717, 1.165) is 49.1 Å². The fourth-order valence-corrected chi connectivity index (χ4v) is 3.64. The Labute approximate surface area is 166 Å². The predicted octanol–water partition coefficient (Wildman–Crippen LogP) is 3.03. The van der Waals surface area contributed by atoms with Crippen LogP contribution in [0, 0.1) is 5.92 Å². The minimum absolute atomic E-state index is 0.301. The number of fused-ring (bicyclic) bond motifs is 1. The summed E-state index contributed by atoms with van der Waals surface area (Å²) in [6.07, 6.45) is 1.12. The third-order valence-electron chi connectivity index (χ3n) is 5.15. The van der Waals surface area contributed by atoms with Gasteiger partial charge in [-0.3, -0.25) is 4.99 Å². The van der Waals surface area contributed by atoms with Crippen molar-refractivity contribution in [2.75, 3.05) is 33.5 Å². The molecule has 2 aromatic carbocycles. The molecule has 0 spiro atoms. The lowest BCUT2D eigenvalue weighted by Crippen LogP contribution is -2.39. The predicted molar refractivity (Wildman–Crippen MR) is 109 cm³/mol. The van der Waals surface area contributed by atoms with Gasteiger partial charge in [0.15, 0.2) is 17.5 Å². The van der Waals surface area contributed by atoms with Crippen molar-refractivity contribution in [3.05, 3.63) is 59.7 Å². The summed E-state index contributed by atoms with van der Waals surface area (Å²) in [5.41, 5.74) is 2.37. The molecule has 0 radical (unpaired) electrons. The summed E-state index contributed by atoms with van der Waals surface area (Å²) in [7, 11) is 1.83. The van der Waals surface area contributed by atoms with Crippen molar-refractivity contribution in [1.82, 2.24) is 10.2 Å². The highest BCUT2D eigenvalue weighted by atomic mass is 16.7. The quantitative estimate of drug-likeness (QED) is 0.616. The molecular weight excluding hydrogens is 354 g/mol. The van der Waals surface area contributed by atoms with Crippen LogP contribution < -0.4 is 14.8 Å². The van der Waals surface area contributed by atoms with Crippen LogP contribution in [-0.2, 0) is 17.9 Å². The van der Waals surface area contributed by atoms with Gasteiger partial charge in [0.2, 0.25) is 6.79 Å². The van der Waals surface area contributed by atoms with Gasteiger partial charge in [-0.2, -0.15) is 0 Å². The molecule has 6 nitrogen and oxygen atoms in total. The van der Waals surface area contributed by atoms with E-state index in [2.05, 4.69) is 33.4 Å². The van der Waals surface area contributed by atoms with Crippen LogP contribution in [0.4, 0.5) is 0 Å². The Balaban J connectivity index is 1.23. The highest BCUT2D eigenvalue weighted by molar-refractivity contribution is 5.80. The van der Waals surface area contributed by atoms with Crippen LogP contribution in [0.15, 0.2) is 53.5 Å². The van der Waals surface area contributed by atoms with E-state index in [4.69, 9.17) is 14.2 Å². The van der Waals surface area contributed by atoms with Gasteiger partial charge in [-0.1, -0.05) is 36.4 Å². The molecule has 6 heteroatoms. The number of hydrogen-bond donors (Lipinski definition) is 1. The lowest BCUT2D eigenvalue weighted by Gasteiger charge is -2.22. The number of rotatable bonds is 6.